The fourth-order valence-electron chi connectivity index (χ4n) is 1.26. The molecule has 0 aliphatic heterocycles. The Bertz CT molecular complexity index is 359. The first-order chi connectivity index (χ1) is 7.15. The van der Waals surface area contributed by atoms with Crippen molar-refractivity contribution in [1.29, 1.82) is 0 Å². The number of hydrogen-bond acceptors (Lipinski definition) is 1. The zero-order valence-corrected chi connectivity index (χ0v) is 10.2. The molecule has 0 aliphatic carbocycles. The molecule has 1 atom stereocenters. The average Bonchev–Trinajstić information content (AvgIpc) is 2.21. The van der Waals surface area contributed by atoms with Crippen molar-refractivity contribution in [2.75, 3.05) is 0 Å². The Kier molecular flexibility index (Phi) is 4.85. The zero-order valence-electron chi connectivity index (χ0n) is 7.86. The first kappa shape index (κ1) is 12.3. The van der Waals surface area contributed by atoms with Crippen LogP contribution in [0.3, 0.4) is 0 Å². The minimum absolute atomic E-state index is 0.403. The summed E-state index contributed by atoms with van der Waals surface area (Å²) < 4.78 is 0.934. The standard InChI is InChI=1S/C11H10BrClO2/c12-9-5-3-8(4-6-9)10(11(14)15)2-1-7-13/h1,3-7,10H,2H2,(H,14,15)/b7-1+. The molecule has 0 saturated carbocycles. The number of rotatable bonds is 4. The van der Waals surface area contributed by atoms with Gasteiger partial charge in [-0.1, -0.05) is 45.7 Å². The zero-order chi connectivity index (χ0) is 11.3. The van der Waals surface area contributed by atoms with E-state index in [1.165, 1.54) is 5.54 Å². The number of aliphatic carboxylic acids is 1. The minimum atomic E-state index is -0.841. The quantitative estimate of drug-likeness (QED) is 0.916. The highest BCUT2D eigenvalue weighted by Crippen LogP contribution is 2.22. The normalized spacial score (nSPS) is 12.9. The van der Waals surface area contributed by atoms with Gasteiger partial charge < -0.3 is 5.11 Å². The third-order valence-corrected chi connectivity index (χ3v) is 2.74. The molecular formula is C11H10BrClO2. The van der Waals surface area contributed by atoms with Gasteiger partial charge >= 0.3 is 5.97 Å². The summed E-state index contributed by atoms with van der Waals surface area (Å²) in [5, 5.41) is 9.03. The Hall–Kier alpha value is -0.800. The summed E-state index contributed by atoms with van der Waals surface area (Å²) in [4.78, 5) is 11.0. The van der Waals surface area contributed by atoms with Crippen LogP contribution in [0.25, 0.3) is 0 Å². The molecule has 0 aliphatic rings. The van der Waals surface area contributed by atoms with Crippen molar-refractivity contribution >= 4 is 33.5 Å². The topological polar surface area (TPSA) is 37.3 Å². The van der Waals surface area contributed by atoms with Crippen LogP contribution in [0.1, 0.15) is 17.9 Å². The van der Waals surface area contributed by atoms with Crippen molar-refractivity contribution < 1.29 is 9.90 Å². The van der Waals surface area contributed by atoms with E-state index in [-0.39, 0.29) is 0 Å². The predicted octanol–water partition coefficient (Wildman–Crippen LogP) is 3.76. The minimum Gasteiger partial charge on any atom is -0.481 e. The number of benzene rings is 1. The Morgan fingerprint density at radius 3 is 2.53 bits per heavy atom. The van der Waals surface area contributed by atoms with E-state index in [0.717, 1.165) is 10.0 Å². The molecule has 1 aromatic rings. The van der Waals surface area contributed by atoms with Gasteiger partial charge in [0.1, 0.15) is 0 Å². The van der Waals surface area contributed by atoms with Crippen molar-refractivity contribution in [2.24, 2.45) is 0 Å². The molecule has 0 bridgehead atoms. The van der Waals surface area contributed by atoms with Crippen molar-refractivity contribution in [3.63, 3.8) is 0 Å². The Balaban J connectivity index is 2.88. The van der Waals surface area contributed by atoms with Crippen molar-refractivity contribution in [3.05, 3.63) is 45.9 Å². The number of allylic oxidation sites excluding steroid dienone is 1. The van der Waals surface area contributed by atoms with E-state index in [9.17, 15) is 4.79 Å². The highest BCUT2D eigenvalue weighted by atomic mass is 79.9. The van der Waals surface area contributed by atoms with E-state index in [2.05, 4.69) is 15.9 Å². The lowest BCUT2D eigenvalue weighted by atomic mass is 9.96. The summed E-state index contributed by atoms with van der Waals surface area (Å²) in [6.45, 7) is 0. The highest BCUT2D eigenvalue weighted by Gasteiger charge is 2.17. The number of halogens is 2. The molecule has 1 rings (SSSR count). The van der Waals surface area contributed by atoms with Gasteiger partial charge in [0.25, 0.3) is 0 Å². The number of carboxylic acids is 1. The van der Waals surface area contributed by atoms with Gasteiger partial charge in [0.05, 0.1) is 5.92 Å². The van der Waals surface area contributed by atoms with Crippen LogP contribution in [0.15, 0.2) is 40.3 Å². The van der Waals surface area contributed by atoms with Crippen molar-refractivity contribution in [2.45, 2.75) is 12.3 Å². The fourth-order valence-corrected chi connectivity index (χ4v) is 1.63. The molecule has 0 saturated heterocycles. The largest absolute Gasteiger partial charge is 0.481 e. The van der Waals surface area contributed by atoms with Crippen LogP contribution < -0.4 is 0 Å². The lowest BCUT2D eigenvalue weighted by Gasteiger charge is -2.09. The van der Waals surface area contributed by atoms with Crippen LogP contribution in [0, 0.1) is 0 Å². The van der Waals surface area contributed by atoms with Gasteiger partial charge in [-0.2, -0.15) is 0 Å². The maximum atomic E-state index is 11.0. The van der Waals surface area contributed by atoms with E-state index < -0.39 is 11.9 Å². The summed E-state index contributed by atoms with van der Waals surface area (Å²) in [6, 6.07) is 7.25. The molecule has 4 heteroatoms. The van der Waals surface area contributed by atoms with Gasteiger partial charge in [-0.15, -0.1) is 0 Å². The molecule has 1 unspecified atom stereocenters. The molecule has 0 aromatic heterocycles. The number of hydrogen-bond donors (Lipinski definition) is 1. The predicted molar refractivity (Wildman–Crippen MR) is 64.1 cm³/mol. The van der Waals surface area contributed by atoms with Crippen LogP contribution in [0.5, 0.6) is 0 Å². The fraction of sp³-hybridized carbons (Fsp3) is 0.182. The molecule has 0 fully saturated rings. The van der Waals surface area contributed by atoms with Crippen LogP contribution in [0.2, 0.25) is 0 Å². The Morgan fingerprint density at radius 1 is 1.47 bits per heavy atom. The molecule has 0 heterocycles. The molecule has 0 radical (unpaired) electrons. The Labute approximate surface area is 102 Å². The van der Waals surface area contributed by atoms with E-state index in [4.69, 9.17) is 16.7 Å². The van der Waals surface area contributed by atoms with Crippen LogP contribution in [-0.2, 0) is 4.79 Å². The van der Waals surface area contributed by atoms with Crippen molar-refractivity contribution in [3.8, 4) is 0 Å². The molecule has 0 spiro atoms. The molecular weight excluding hydrogens is 279 g/mol. The van der Waals surface area contributed by atoms with Crippen LogP contribution in [0.4, 0.5) is 0 Å². The number of carbonyl (C=O) groups is 1. The molecule has 0 amide bonds. The second-order valence-electron chi connectivity index (χ2n) is 3.04. The van der Waals surface area contributed by atoms with Gasteiger partial charge in [0, 0.05) is 10.0 Å². The first-order valence-electron chi connectivity index (χ1n) is 4.38. The first-order valence-corrected chi connectivity index (χ1v) is 5.61. The SMILES string of the molecule is O=C(O)C(C/C=C/Cl)c1ccc(Br)cc1. The summed E-state index contributed by atoms with van der Waals surface area (Å²) in [5.74, 6) is -1.37. The van der Waals surface area contributed by atoms with Crippen molar-refractivity contribution in [1.82, 2.24) is 0 Å². The maximum Gasteiger partial charge on any atom is 0.311 e. The lowest BCUT2D eigenvalue weighted by Crippen LogP contribution is -2.10. The van der Waals surface area contributed by atoms with E-state index in [0.29, 0.717) is 6.42 Å². The van der Waals surface area contributed by atoms with E-state index in [1.807, 2.05) is 12.1 Å². The third kappa shape index (κ3) is 3.68. The van der Waals surface area contributed by atoms with Gasteiger partial charge in [-0.25, -0.2) is 0 Å². The third-order valence-electron chi connectivity index (χ3n) is 2.03. The average molecular weight is 290 g/mol. The maximum absolute atomic E-state index is 11.0. The van der Waals surface area contributed by atoms with Gasteiger partial charge in [0.15, 0.2) is 0 Å². The molecule has 15 heavy (non-hydrogen) atoms. The number of carboxylic acid groups (broad SMARTS) is 1. The highest BCUT2D eigenvalue weighted by molar-refractivity contribution is 9.10. The molecule has 1 N–H and O–H groups in total. The molecule has 1 aromatic carbocycles. The second kappa shape index (κ2) is 5.93. The monoisotopic (exact) mass is 288 g/mol. The summed E-state index contributed by atoms with van der Waals surface area (Å²) in [5.41, 5.74) is 2.12. The van der Waals surface area contributed by atoms with Gasteiger partial charge in [0.2, 0.25) is 0 Å². The van der Waals surface area contributed by atoms with Gasteiger partial charge in [-0.05, 0) is 24.1 Å². The molecule has 2 nitrogen and oxygen atoms in total. The van der Waals surface area contributed by atoms with E-state index in [1.54, 1.807) is 18.2 Å². The second-order valence-corrected chi connectivity index (χ2v) is 4.21. The summed E-state index contributed by atoms with van der Waals surface area (Å²) in [6.07, 6.45) is 2.04. The smallest absolute Gasteiger partial charge is 0.311 e. The summed E-state index contributed by atoms with van der Waals surface area (Å²) >= 11 is 8.68. The Morgan fingerprint density at radius 2 is 2.07 bits per heavy atom. The lowest BCUT2D eigenvalue weighted by molar-refractivity contribution is -0.138. The van der Waals surface area contributed by atoms with Gasteiger partial charge in [-0.3, -0.25) is 4.79 Å². The van der Waals surface area contributed by atoms with Crippen LogP contribution in [-0.4, -0.2) is 11.1 Å². The molecule has 80 valence electrons. The summed E-state index contributed by atoms with van der Waals surface area (Å²) in [7, 11) is 0. The van der Waals surface area contributed by atoms with E-state index >= 15 is 0 Å². The van der Waals surface area contributed by atoms with Crippen LogP contribution >= 0.6 is 27.5 Å².